The van der Waals surface area contributed by atoms with Gasteiger partial charge in [0.25, 0.3) is 5.69 Å². The first-order chi connectivity index (χ1) is 12.1. The molecule has 0 bridgehead atoms. The van der Waals surface area contributed by atoms with Crippen molar-refractivity contribution in [2.45, 2.75) is 10.9 Å². The van der Waals surface area contributed by atoms with Crippen LogP contribution in [0.1, 0.15) is 15.9 Å². The van der Waals surface area contributed by atoms with Crippen molar-refractivity contribution >= 4 is 23.4 Å². The van der Waals surface area contributed by atoms with Crippen molar-refractivity contribution in [3.8, 4) is 5.69 Å². The second kappa shape index (κ2) is 7.09. The summed E-state index contributed by atoms with van der Waals surface area (Å²) in [4.78, 5) is 21.9. The molecule has 0 aliphatic heterocycles. The molecule has 2 N–H and O–H groups in total. The molecular formula is C15H12N6O3S. The minimum atomic E-state index is -0.713. The Balaban J connectivity index is 1.85. The van der Waals surface area contributed by atoms with Gasteiger partial charge < -0.3 is 5.73 Å². The number of thioether (sulfide) groups is 1. The highest BCUT2D eigenvalue weighted by Gasteiger charge is 2.18. The predicted molar refractivity (Wildman–Crippen MR) is 90.3 cm³/mol. The largest absolute Gasteiger partial charge is 0.366 e. The Morgan fingerprint density at radius 1 is 1.24 bits per heavy atom. The van der Waals surface area contributed by atoms with Gasteiger partial charge in [-0.3, -0.25) is 14.9 Å². The van der Waals surface area contributed by atoms with Crippen LogP contribution in [-0.2, 0) is 5.75 Å². The lowest BCUT2D eigenvalue weighted by Gasteiger charge is -2.05. The van der Waals surface area contributed by atoms with Crippen LogP contribution >= 0.6 is 11.8 Å². The number of aromatic nitrogens is 4. The summed E-state index contributed by atoms with van der Waals surface area (Å²) in [6, 6.07) is 13.5. The highest BCUT2D eigenvalue weighted by molar-refractivity contribution is 7.98. The number of nitro groups is 1. The maximum absolute atomic E-state index is 11.2. The third-order valence-corrected chi connectivity index (χ3v) is 4.33. The molecule has 3 rings (SSSR count). The SMILES string of the molecule is NC(=O)c1ccc(CSc2nnnn2-c2ccccc2)c([N+](=O)[O-])c1. The number of nitrogens with two attached hydrogens (primary N) is 1. The number of carbonyl (C=O) groups excluding carboxylic acids is 1. The van der Waals surface area contributed by atoms with Gasteiger partial charge in [0.2, 0.25) is 11.1 Å². The van der Waals surface area contributed by atoms with Crippen LogP contribution in [0.2, 0.25) is 0 Å². The topological polar surface area (TPSA) is 130 Å². The number of nitrogens with zero attached hydrogens (tertiary/aromatic N) is 5. The predicted octanol–water partition coefficient (Wildman–Crippen LogP) is 1.96. The molecule has 3 aromatic rings. The molecule has 1 aromatic heterocycles. The van der Waals surface area contributed by atoms with Crippen LogP contribution in [0.25, 0.3) is 5.69 Å². The van der Waals surface area contributed by atoms with E-state index >= 15 is 0 Å². The fraction of sp³-hybridized carbons (Fsp3) is 0.0667. The number of hydrogen-bond donors (Lipinski definition) is 1. The number of nitro benzene ring substituents is 1. The van der Waals surface area contributed by atoms with Crippen molar-refractivity contribution in [1.82, 2.24) is 20.2 Å². The van der Waals surface area contributed by atoms with E-state index in [1.807, 2.05) is 30.3 Å². The van der Waals surface area contributed by atoms with Gasteiger partial charge in [-0.2, -0.15) is 4.68 Å². The zero-order valence-electron chi connectivity index (χ0n) is 12.8. The maximum atomic E-state index is 11.2. The van der Waals surface area contributed by atoms with E-state index in [-0.39, 0.29) is 17.0 Å². The summed E-state index contributed by atoms with van der Waals surface area (Å²) in [6.45, 7) is 0. The summed E-state index contributed by atoms with van der Waals surface area (Å²) in [5, 5.41) is 23.3. The molecule has 0 aliphatic rings. The van der Waals surface area contributed by atoms with Crippen molar-refractivity contribution in [1.29, 1.82) is 0 Å². The molecule has 1 heterocycles. The molecule has 1 amide bonds. The molecule has 0 spiro atoms. The zero-order chi connectivity index (χ0) is 17.8. The van der Waals surface area contributed by atoms with E-state index in [1.54, 1.807) is 4.68 Å². The summed E-state index contributed by atoms with van der Waals surface area (Å²) >= 11 is 1.25. The second-order valence-corrected chi connectivity index (χ2v) is 5.90. The summed E-state index contributed by atoms with van der Waals surface area (Å²) < 4.78 is 1.55. The zero-order valence-corrected chi connectivity index (χ0v) is 13.6. The molecule has 0 radical (unpaired) electrons. The minimum absolute atomic E-state index is 0.0922. The van der Waals surface area contributed by atoms with Crippen LogP contribution in [0.5, 0.6) is 0 Å². The summed E-state index contributed by atoms with van der Waals surface area (Å²) in [5.74, 6) is -0.446. The highest BCUT2D eigenvalue weighted by Crippen LogP contribution is 2.28. The average Bonchev–Trinajstić information content (AvgIpc) is 3.09. The first-order valence-electron chi connectivity index (χ1n) is 7.10. The third kappa shape index (κ3) is 3.63. The van der Waals surface area contributed by atoms with E-state index in [0.29, 0.717) is 10.7 Å². The fourth-order valence-corrected chi connectivity index (χ4v) is 3.04. The average molecular weight is 356 g/mol. The Morgan fingerprint density at radius 2 is 2.00 bits per heavy atom. The van der Waals surface area contributed by atoms with Crippen molar-refractivity contribution < 1.29 is 9.72 Å². The number of tetrazole rings is 1. The van der Waals surface area contributed by atoms with E-state index in [2.05, 4.69) is 15.5 Å². The first-order valence-corrected chi connectivity index (χ1v) is 8.08. The fourth-order valence-electron chi connectivity index (χ4n) is 2.15. The van der Waals surface area contributed by atoms with Gasteiger partial charge in [-0.1, -0.05) is 36.0 Å². The Bertz CT molecular complexity index is 928. The van der Waals surface area contributed by atoms with Gasteiger partial charge in [0.15, 0.2) is 0 Å². The second-order valence-electron chi connectivity index (χ2n) is 4.96. The number of benzene rings is 2. The third-order valence-electron chi connectivity index (χ3n) is 3.36. The molecule has 25 heavy (non-hydrogen) atoms. The molecule has 126 valence electrons. The first kappa shape index (κ1) is 16.6. The van der Waals surface area contributed by atoms with Crippen LogP contribution in [0.15, 0.2) is 53.7 Å². The number of amides is 1. The summed E-state index contributed by atoms with van der Waals surface area (Å²) in [7, 11) is 0. The lowest BCUT2D eigenvalue weighted by atomic mass is 10.1. The van der Waals surface area contributed by atoms with Crippen molar-refractivity contribution in [2.75, 3.05) is 0 Å². The summed E-state index contributed by atoms with van der Waals surface area (Å²) in [5.41, 5.74) is 6.33. The molecule has 10 heteroatoms. The van der Waals surface area contributed by atoms with Gasteiger partial charge in [0.05, 0.1) is 10.6 Å². The number of carbonyl (C=O) groups is 1. The molecule has 0 unspecified atom stereocenters. The van der Waals surface area contributed by atoms with Crippen LogP contribution < -0.4 is 5.73 Å². The Labute approximate surface area is 146 Å². The van der Waals surface area contributed by atoms with E-state index < -0.39 is 10.8 Å². The number of rotatable bonds is 6. The molecule has 2 aromatic carbocycles. The Morgan fingerprint density at radius 3 is 2.68 bits per heavy atom. The van der Waals surface area contributed by atoms with Crippen molar-refractivity contribution in [3.05, 3.63) is 69.8 Å². The van der Waals surface area contributed by atoms with Gasteiger partial charge in [0, 0.05) is 22.9 Å². The van der Waals surface area contributed by atoms with Gasteiger partial charge in [0.1, 0.15) is 0 Å². The molecule has 0 saturated carbocycles. The molecule has 9 nitrogen and oxygen atoms in total. The maximum Gasteiger partial charge on any atom is 0.274 e. The Kier molecular flexibility index (Phi) is 4.70. The monoisotopic (exact) mass is 356 g/mol. The molecule has 0 saturated heterocycles. The van der Waals surface area contributed by atoms with Crippen molar-refractivity contribution in [3.63, 3.8) is 0 Å². The van der Waals surface area contributed by atoms with E-state index in [4.69, 9.17) is 5.73 Å². The van der Waals surface area contributed by atoms with Gasteiger partial charge >= 0.3 is 0 Å². The lowest BCUT2D eigenvalue weighted by molar-refractivity contribution is -0.385. The van der Waals surface area contributed by atoms with E-state index in [9.17, 15) is 14.9 Å². The molecule has 0 fully saturated rings. The van der Waals surface area contributed by atoms with E-state index in [0.717, 1.165) is 5.69 Å². The number of hydrogen-bond acceptors (Lipinski definition) is 7. The quantitative estimate of drug-likeness (QED) is 0.406. The molecule has 0 aliphatic carbocycles. The smallest absolute Gasteiger partial charge is 0.274 e. The van der Waals surface area contributed by atoms with Crippen LogP contribution in [0.3, 0.4) is 0 Å². The minimum Gasteiger partial charge on any atom is -0.366 e. The highest BCUT2D eigenvalue weighted by atomic mass is 32.2. The number of para-hydroxylation sites is 1. The molecule has 0 atom stereocenters. The molecular weight excluding hydrogens is 344 g/mol. The van der Waals surface area contributed by atoms with Gasteiger partial charge in [-0.05, 0) is 28.6 Å². The number of primary amides is 1. The van der Waals surface area contributed by atoms with Crippen molar-refractivity contribution in [2.24, 2.45) is 5.73 Å². The normalized spacial score (nSPS) is 10.6. The van der Waals surface area contributed by atoms with Crippen LogP contribution in [0.4, 0.5) is 5.69 Å². The van der Waals surface area contributed by atoms with Crippen LogP contribution in [-0.4, -0.2) is 31.0 Å². The van der Waals surface area contributed by atoms with Gasteiger partial charge in [-0.15, -0.1) is 5.10 Å². The Hall–Kier alpha value is -3.27. The van der Waals surface area contributed by atoms with E-state index in [1.165, 1.54) is 30.0 Å². The van der Waals surface area contributed by atoms with Crippen LogP contribution in [0, 0.1) is 10.1 Å². The lowest BCUT2D eigenvalue weighted by Crippen LogP contribution is -2.11. The standard InChI is InChI=1S/C15H12N6O3S/c16-14(22)10-6-7-11(13(8-10)21(23)24)9-25-15-17-18-19-20(15)12-4-2-1-3-5-12/h1-8H,9H2,(H2,16,22). The summed E-state index contributed by atoms with van der Waals surface area (Å²) in [6.07, 6.45) is 0. The van der Waals surface area contributed by atoms with Gasteiger partial charge in [-0.25, -0.2) is 0 Å².